The van der Waals surface area contributed by atoms with Crippen LogP contribution in [0.3, 0.4) is 0 Å². The second-order valence-electron chi connectivity index (χ2n) is 9.29. The van der Waals surface area contributed by atoms with Gasteiger partial charge in [0, 0.05) is 36.2 Å². The summed E-state index contributed by atoms with van der Waals surface area (Å²) in [6.45, 7) is 6.76. The van der Waals surface area contributed by atoms with E-state index in [4.69, 9.17) is 18.9 Å². The van der Waals surface area contributed by atoms with Crippen molar-refractivity contribution in [1.29, 1.82) is 0 Å². The van der Waals surface area contributed by atoms with Crippen LogP contribution in [0.2, 0.25) is 0 Å². The average Bonchev–Trinajstić information content (AvgIpc) is 3.15. The predicted octanol–water partition coefficient (Wildman–Crippen LogP) is 1.36. The number of carbonyl (C=O) groups is 1. The van der Waals surface area contributed by atoms with Crippen molar-refractivity contribution >= 4 is 5.97 Å². The summed E-state index contributed by atoms with van der Waals surface area (Å²) in [5.41, 5.74) is 1.30. The first-order valence-electron chi connectivity index (χ1n) is 12.1. The fraction of sp³-hybridized carbons (Fsp3) is 0.600. The molecule has 0 saturated carbocycles. The molecule has 5 atom stereocenters. The molecule has 0 amide bonds. The second-order valence-corrected chi connectivity index (χ2v) is 9.29. The lowest BCUT2D eigenvalue weighted by Crippen LogP contribution is -2.67. The van der Waals surface area contributed by atoms with Crippen LogP contribution in [0, 0.1) is 12.7 Å². The van der Waals surface area contributed by atoms with E-state index in [1.54, 1.807) is 30.7 Å². The van der Waals surface area contributed by atoms with E-state index in [0.717, 1.165) is 0 Å². The molecule has 1 aromatic carbocycles. The summed E-state index contributed by atoms with van der Waals surface area (Å²) >= 11 is 0. The lowest BCUT2D eigenvalue weighted by molar-refractivity contribution is -0.423. The van der Waals surface area contributed by atoms with Crippen LogP contribution in [0.25, 0.3) is 0 Å². The molecule has 0 bridgehead atoms. The number of hydrogen-bond acceptors (Lipinski definition) is 10. The first-order chi connectivity index (χ1) is 17.4. The Morgan fingerprint density at radius 1 is 1.27 bits per heavy atom. The lowest BCUT2D eigenvalue weighted by Gasteiger charge is -2.44. The average molecular weight is 527 g/mol. The number of halogens is 1. The van der Waals surface area contributed by atoms with Crippen molar-refractivity contribution in [3.8, 4) is 11.6 Å². The van der Waals surface area contributed by atoms with Gasteiger partial charge in [-0.25, -0.2) is 4.39 Å². The summed E-state index contributed by atoms with van der Waals surface area (Å²) in [5.74, 6) is -3.77. The monoisotopic (exact) mass is 526 g/mol. The van der Waals surface area contributed by atoms with Gasteiger partial charge < -0.3 is 39.4 Å². The summed E-state index contributed by atoms with van der Waals surface area (Å²) in [6, 6.07) is 4.25. The summed E-state index contributed by atoms with van der Waals surface area (Å²) < 4.78 is 37.5. The first-order valence-corrected chi connectivity index (χ1v) is 12.1. The molecule has 1 aromatic heterocycles. The summed E-state index contributed by atoms with van der Waals surface area (Å²) in [4.78, 5) is 11.8. The van der Waals surface area contributed by atoms with Gasteiger partial charge in [-0.3, -0.25) is 9.48 Å². The number of methoxy groups -OCH3 is 1. The maximum Gasteiger partial charge on any atom is 0.356 e. The molecule has 206 valence electrons. The number of ether oxygens (including phenoxy) is 4. The van der Waals surface area contributed by atoms with Crippen LogP contribution in [0.4, 0.5) is 4.39 Å². The highest BCUT2D eigenvalue weighted by Gasteiger charge is 2.56. The van der Waals surface area contributed by atoms with E-state index >= 15 is 0 Å². The number of aliphatic hydroxyl groups excluding tert-OH is 3. The van der Waals surface area contributed by atoms with Crippen LogP contribution in [0.5, 0.6) is 11.6 Å². The number of rotatable bonds is 10. The standard InChI is InChI=1S/C25H35FN2O9/c1-6-7-20(29)35-12-19-21(30)22(31)23(32)25(33,36-19)37-24-17(14(4)28(27-24)13(2)3)10-15-8-9-16(34-5)11-18(15)26/h8-9,11,13,19,21-23,30-33H,6-7,10,12H2,1-5H3/t19-,21-,22+,23-,25+/m1/s1. The number of aromatic nitrogens is 2. The third-order valence-corrected chi connectivity index (χ3v) is 6.21. The third-order valence-electron chi connectivity index (χ3n) is 6.21. The van der Waals surface area contributed by atoms with Gasteiger partial charge in [0.05, 0.1) is 7.11 Å². The normalized spacial score (nSPS) is 25.8. The predicted molar refractivity (Wildman–Crippen MR) is 127 cm³/mol. The van der Waals surface area contributed by atoms with E-state index in [2.05, 4.69) is 5.10 Å². The van der Waals surface area contributed by atoms with Gasteiger partial charge in [0.2, 0.25) is 5.88 Å². The van der Waals surface area contributed by atoms with Gasteiger partial charge in [-0.1, -0.05) is 13.0 Å². The minimum Gasteiger partial charge on any atom is -0.497 e. The van der Waals surface area contributed by atoms with Crippen LogP contribution in [0.15, 0.2) is 18.2 Å². The van der Waals surface area contributed by atoms with E-state index in [0.29, 0.717) is 29.0 Å². The zero-order chi connectivity index (χ0) is 27.5. The quantitative estimate of drug-likeness (QED) is 0.264. The molecule has 2 heterocycles. The highest BCUT2D eigenvalue weighted by molar-refractivity contribution is 5.69. The van der Waals surface area contributed by atoms with E-state index in [1.807, 2.05) is 13.8 Å². The largest absolute Gasteiger partial charge is 0.497 e. The van der Waals surface area contributed by atoms with Crippen LogP contribution in [-0.4, -0.2) is 80.3 Å². The molecular weight excluding hydrogens is 491 g/mol. The summed E-state index contributed by atoms with van der Waals surface area (Å²) in [7, 11) is 1.43. The Bertz CT molecular complexity index is 1090. The highest BCUT2D eigenvalue weighted by atomic mass is 19.1. The summed E-state index contributed by atoms with van der Waals surface area (Å²) in [5, 5.41) is 46.8. The molecule has 11 nitrogen and oxygen atoms in total. The Kier molecular flexibility index (Phi) is 9.13. The molecule has 0 unspecified atom stereocenters. The van der Waals surface area contributed by atoms with Gasteiger partial charge in [0.15, 0.2) is 6.10 Å². The smallest absolute Gasteiger partial charge is 0.356 e. The van der Waals surface area contributed by atoms with Crippen molar-refractivity contribution in [3.63, 3.8) is 0 Å². The molecule has 1 aliphatic rings. The molecule has 2 aromatic rings. The van der Waals surface area contributed by atoms with Crippen LogP contribution in [-0.2, 0) is 20.7 Å². The number of hydrogen-bond donors (Lipinski definition) is 4. The molecule has 0 radical (unpaired) electrons. The van der Waals surface area contributed by atoms with E-state index in [9.17, 15) is 29.6 Å². The molecule has 0 aliphatic carbocycles. The molecule has 1 aliphatic heterocycles. The zero-order valence-corrected chi connectivity index (χ0v) is 21.5. The van der Waals surface area contributed by atoms with Gasteiger partial charge in [-0.2, -0.15) is 0 Å². The number of benzene rings is 1. The fourth-order valence-corrected chi connectivity index (χ4v) is 4.09. The Morgan fingerprint density at radius 2 is 1.97 bits per heavy atom. The van der Waals surface area contributed by atoms with Gasteiger partial charge in [-0.15, -0.1) is 5.10 Å². The SMILES string of the molecule is CCCC(=O)OC[C@H]1O[C@](O)(Oc2nn(C(C)C)c(C)c2Cc2ccc(OC)cc2F)[C@H](O)[C@@H](O)[C@@H]1O. The molecule has 0 spiro atoms. The Labute approximate surface area is 214 Å². The Balaban J connectivity index is 1.93. The minimum absolute atomic E-state index is 0.0130. The maximum absolute atomic E-state index is 14.7. The zero-order valence-electron chi connectivity index (χ0n) is 21.5. The van der Waals surface area contributed by atoms with Crippen molar-refractivity contribution in [3.05, 3.63) is 40.8 Å². The van der Waals surface area contributed by atoms with Crippen molar-refractivity contribution in [2.75, 3.05) is 13.7 Å². The molecule has 3 rings (SSSR count). The van der Waals surface area contributed by atoms with Gasteiger partial charge in [0.1, 0.15) is 36.5 Å². The lowest BCUT2D eigenvalue weighted by atomic mass is 9.97. The topological polar surface area (TPSA) is 153 Å². The maximum atomic E-state index is 14.7. The number of nitrogens with zero attached hydrogens (tertiary/aromatic N) is 2. The van der Waals surface area contributed by atoms with E-state index < -0.39 is 48.8 Å². The van der Waals surface area contributed by atoms with Crippen LogP contribution >= 0.6 is 0 Å². The summed E-state index contributed by atoms with van der Waals surface area (Å²) in [6.07, 6.45) is -6.43. The van der Waals surface area contributed by atoms with Crippen molar-refractivity contribution in [2.45, 2.75) is 83.4 Å². The van der Waals surface area contributed by atoms with E-state index in [-0.39, 0.29) is 24.8 Å². The number of aliphatic hydroxyl groups is 4. The van der Waals surface area contributed by atoms with Crippen molar-refractivity contribution in [1.82, 2.24) is 9.78 Å². The van der Waals surface area contributed by atoms with Crippen LogP contribution in [0.1, 0.15) is 56.5 Å². The third kappa shape index (κ3) is 6.21. The second kappa shape index (κ2) is 11.7. The van der Waals surface area contributed by atoms with E-state index in [1.165, 1.54) is 13.2 Å². The molecule has 37 heavy (non-hydrogen) atoms. The number of esters is 1. The molecule has 1 saturated heterocycles. The fourth-order valence-electron chi connectivity index (χ4n) is 4.09. The van der Waals surface area contributed by atoms with Gasteiger partial charge in [0.25, 0.3) is 0 Å². The highest BCUT2D eigenvalue weighted by Crippen LogP contribution is 2.35. The van der Waals surface area contributed by atoms with Gasteiger partial charge >= 0.3 is 11.9 Å². The minimum atomic E-state index is -2.86. The Morgan fingerprint density at radius 3 is 2.57 bits per heavy atom. The van der Waals surface area contributed by atoms with Crippen molar-refractivity contribution < 1.29 is 48.6 Å². The first kappa shape index (κ1) is 28.8. The Hall–Kier alpha value is -2.77. The molecular formula is C25H35FN2O9. The molecule has 12 heteroatoms. The van der Waals surface area contributed by atoms with Gasteiger partial charge in [-0.05, 0) is 38.8 Å². The van der Waals surface area contributed by atoms with Crippen molar-refractivity contribution in [2.24, 2.45) is 0 Å². The number of carbonyl (C=O) groups excluding carboxylic acids is 1. The van der Waals surface area contributed by atoms with Crippen LogP contribution < -0.4 is 9.47 Å². The molecule has 4 N–H and O–H groups in total. The molecule has 1 fully saturated rings.